The van der Waals surface area contributed by atoms with Gasteiger partial charge in [-0.2, -0.15) is 0 Å². The number of nitrogens with zero attached hydrogens (tertiary/aromatic N) is 1. The molecule has 1 aliphatic heterocycles. The van der Waals surface area contributed by atoms with Crippen LogP contribution >= 0.6 is 0 Å². The lowest BCUT2D eigenvalue weighted by Crippen LogP contribution is -2.29. The van der Waals surface area contributed by atoms with Crippen LogP contribution in [0.3, 0.4) is 0 Å². The van der Waals surface area contributed by atoms with Crippen LogP contribution in [0.25, 0.3) is 0 Å². The van der Waals surface area contributed by atoms with Crippen molar-refractivity contribution in [1.29, 1.82) is 0 Å². The van der Waals surface area contributed by atoms with Gasteiger partial charge in [0.15, 0.2) is 0 Å². The molecule has 0 aromatic rings. The summed E-state index contributed by atoms with van der Waals surface area (Å²) in [5, 5.41) is 0. The number of hydrogen-bond acceptors (Lipinski definition) is 3. The number of rotatable bonds is 6. The van der Waals surface area contributed by atoms with Gasteiger partial charge in [-0.15, -0.1) is 0 Å². The van der Waals surface area contributed by atoms with Gasteiger partial charge in [-0.25, -0.2) is 0 Å². The largest absolute Gasteiger partial charge is 0.381 e. The maximum Gasteiger partial charge on any atom is 0.224 e. The molecule has 1 unspecified atom stereocenters. The lowest BCUT2D eigenvalue weighted by Gasteiger charge is -2.15. The van der Waals surface area contributed by atoms with Crippen LogP contribution in [0.1, 0.15) is 26.7 Å². The highest BCUT2D eigenvalue weighted by molar-refractivity contribution is 5.79. The van der Waals surface area contributed by atoms with Gasteiger partial charge in [0.05, 0.1) is 0 Å². The monoisotopic (exact) mass is 214 g/mol. The first-order valence-corrected chi connectivity index (χ1v) is 5.70. The normalized spacial score (nSPS) is 21.7. The highest BCUT2D eigenvalue weighted by Gasteiger charge is 2.25. The minimum atomic E-state index is 0.0362. The molecule has 0 bridgehead atoms. The van der Waals surface area contributed by atoms with Crippen LogP contribution in [0.5, 0.6) is 0 Å². The summed E-state index contributed by atoms with van der Waals surface area (Å²) in [6.07, 6.45) is 1.41. The van der Waals surface area contributed by atoms with E-state index in [0.29, 0.717) is 18.9 Å². The number of amides is 1. The molecule has 2 N–H and O–H groups in total. The molecule has 1 aliphatic rings. The first-order valence-electron chi connectivity index (χ1n) is 5.70. The molecule has 0 aliphatic carbocycles. The molecule has 0 saturated carbocycles. The predicted octanol–water partition coefficient (Wildman–Crippen LogP) is 0.609. The van der Waals surface area contributed by atoms with E-state index >= 15 is 0 Å². The molecule has 88 valence electrons. The van der Waals surface area contributed by atoms with E-state index < -0.39 is 0 Å². The third kappa shape index (κ3) is 4.62. The maximum atomic E-state index is 11.4. The van der Waals surface area contributed by atoms with Crippen molar-refractivity contribution in [2.45, 2.75) is 32.7 Å². The van der Waals surface area contributed by atoms with Crippen molar-refractivity contribution in [3.63, 3.8) is 0 Å². The molecule has 1 saturated heterocycles. The smallest absolute Gasteiger partial charge is 0.224 e. The molecule has 1 rings (SSSR count). The van der Waals surface area contributed by atoms with Crippen molar-refractivity contribution >= 4 is 5.91 Å². The van der Waals surface area contributed by atoms with Crippen LogP contribution in [0, 0.1) is 5.92 Å². The zero-order chi connectivity index (χ0) is 11.3. The summed E-state index contributed by atoms with van der Waals surface area (Å²) < 4.78 is 5.45. The van der Waals surface area contributed by atoms with Crippen LogP contribution in [0.15, 0.2) is 0 Å². The van der Waals surface area contributed by atoms with Crippen LogP contribution in [-0.4, -0.2) is 43.2 Å². The van der Waals surface area contributed by atoms with Gasteiger partial charge in [-0.1, -0.05) is 13.8 Å². The summed E-state index contributed by atoms with van der Waals surface area (Å²) in [5.74, 6) is 0.762. The van der Waals surface area contributed by atoms with Gasteiger partial charge in [0.2, 0.25) is 5.91 Å². The van der Waals surface area contributed by atoms with E-state index in [0.717, 1.165) is 26.2 Å². The van der Waals surface area contributed by atoms with E-state index in [9.17, 15) is 4.79 Å². The Bertz CT molecular complexity index is 207. The van der Waals surface area contributed by atoms with Gasteiger partial charge in [-0.3, -0.25) is 4.79 Å². The quantitative estimate of drug-likeness (QED) is 0.659. The SMILES string of the molecule is CC(C)COCCCN1CC(N)CC1=O. The summed E-state index contributed by atoms with van der Waals surface area (Å²) in [7, 11) is 0. The van der Waals surface area contributed by atoms with Crippen molar-refractivity contribution in [1.82, 2.24) is 4.90 Å². The Labute approximate surface area is 91.8 Å². The number of carbonyl (C=O) groups excluding carboxylic acids is 1. The van der Waals surface area contributed by atoms with Crippen LogP contribution in [-0.2, 0) is 9.53 Å². The molecule has 0 spiro atoms. The highest BCUT2D eigenvalue weighted by atomic mass is 16.5. The Hall–Kier alpha value is -0.610. The lowest BCUT2D eigenvalue weighted by atomic mass is 10.2. The van der Waals surface area contributed by atoms with Gasteiger partial charge in [0.25, 0.3) is 0 Å². The first-order chi connectivity index (χ1) is 7.09. The molecule has 1 heterocycles. The van der Waals surface area contributed by atoms with E-state index in [1.165, 1.54) is 0 Å². The summed E-state index contributed by atoms with van der Waals surface area (Å²) in [6, 6.07) is 0.0362. The number of ether oxygens (including phenoxy) is 1. The van der Waals surface area contributed by atoms with Gasteiger partial charge in [0.1, 0.15) is 0 Å². The van der Waals surface area contributed by atoms with Crippen molar-refractivity contribution in [2.75, 3.05) is 26.3 Å². The van der Waals surface area contributed by atoms with E-state index in [1.807, 2.05) is 4.90 Å². The molecule has 1 fully saturated rings. The third-order valence-electron chi connectivity index (χ3n) is 2.41. The van der Waals surface area contributed by atoms with Crippen molar-refractivity contribution in [3.8, 4) is 0 Å². The van der Waals surface area contributed by atoms with E-state index in [2.05, 4.69) is 13.8 Å². The molecule has 0 radical (unpaired) electrons. The van der Waals surface area contributed by atoms with Crippen molar-refractivity contribution in [3.05, 3.63) is 0 Å². The molecule has 15 heavy (non-hydrogen) atoms. The summed E-state index contributed by atoms with van der Waals surface area (Å²) in [5.41, 5.74) is 5.69. The standard InChI is InChI=1S/C11H22N2O2/c1-9(2)8-15-5-3-4-13-7-10(12)6-11(13)14/h9-10H,3-8,12H2,1-2H3. The van der Waals surface area contributed by atoms with Gasteiger partial charge in [0, 0.05) is 38.8 Å². The van der Waals surface area contributed by atoms with Gasteiger partial charge < -0.3 is 15.4 Å². The number of likely N-dealkylation sites (tertiary alicyclic amines) is 1. The van der Waals surface area contributed by atoms with Gasteiger partial charge in [-0.05, 0) is 12.3 Å². The summed E-state index contributed by atoms with van der Waals surface area (Å²) in [4.78, 5) is 13.2. The summed E-state index contributed by atoms with van der Waals surface area (Å²) in [6.45, 7) is 7.28. The Morgan fingerprint density at radius 2 is 2.33 bits per heavy atom. The molecule has 1 atom stereocenters. The second-order valence-corrected chi connectivity index (χ2v) is 4.63. The fourth-order valence-corrected chi connectivity index (χ4v) is 1.70. The minimum Gasteiger partial charge on any atom is -0.381 e. The molecule has 4 nitrogen and oxygen atoms in total. The minimum absolute atomic E-state index is 0.0362. The van der Waals surface area contributed by atoms with Crippen LogP contribution in [0.4, 0.5) is 0 Å². The maximum absolute atomic E-state index is 11.4. The Kier molecular flexibility index (Phi) is 5.05. The Balaban J connectivity index is 2.03. The number of carbonyl (C=O) groups is 1. The fraction of sp³-hybridized carbons (Fsp3) is 0.909. The molecule has 1 amide bonds. The van der Waals surface area contributed by atoms with E-state index in [1.54, 1.807) is 0 Å². The zero-order valence-electron chi connectivity index (χ0n) is 9.74. The fourth-order valence-electron chi connectivity index (χ4n) is 1.70. The average Bonchev–Trinajstić information content (AvgIpc) is 2.44. The molecule has 0 aromatic carbocycles. The second-order valence-electron chi connectivity index (χ2n) is 4.63. The Morgan fingerprint density at radius 3 is 2.87 bits per heavy atom. The zero-order valence-corrected chi connectivity index (χ0v) is 9.74. The van der Waals surface area contributed by atoms with Crippen molar-refractivity contribution in [2.24, 2.45) is 11.7 Å². The first kappa shape index (κ1) is 12.5. The topological polar surface area (TPSA) is 55.6 Å². The van der Waals surface area contributed by atoms with Crippen LogP contribution < -0.4 is 5.73 Å². The predicted molar refractivity (Wildman–Crippen MR) is 59.4 cm³/mol. The van der Waals surface area contributed by atoms with Crippen molar-refractivity contribution < 1.29 is 9.53 Å². The number of hydrogen-bond donors (Lipinski definition) is 1. The average molecular weight is 214 g/mol. The molecular formula is C11H22N2O2. The highest BCUT2D eigenvalue weighted by Crippen LogP contribution is 2.09. The molecule has 4 heteroatoms. The number of nitrogens with two attached hydrogens (primary N) is 1. The Morgan fingerprint density at radius 1 is 1.60 bits per heavy atom. The van der Waals surface area contributed by atoms with Crippen LogP contribution in [0.2, 0.25) is 0 Å². The third-order valence-corrected chi connectivity index (χ3v) is 2.41. The van der Waals surface area contributed by atoms with E-state index in [4.69, 9.17) is 10.5 Å². The lowest BCUT2D eigenvalue weighted by molar-refractivity contribution is -0.127. The molecular weight excluding hydrogens is 192 g/mol. The second kappa shape index (κ2) is 6.08. The van der Waals surface area contributed by atoms with E-state index in [-0.39, 0.29) is 11.9 Å². The summed E-state index contributed by atoms with van der Waals surface area (Å²) >= 11 is 0. The van der Waals surface area contributed by atoms with Gasteiger partial charge >= 0.3 is 0 Å². The molecule has 0 aromatic heterocycles.